The van der Waals surface area contributed by atoms with E-state index in [4.69, 9.17) is 14.5 Å². The molecule has 0 heterocycles. The molecule has 0 fully saturated rings. The van der Waals surface area contributed by atoms with Gasteiger partial charge in [0.15, 0.2) is 5.78 Å². The number of ether oxygens (including phenoxy) is 1. The largest absolute Gasteiger partial charge is 0.463 e. The number of hydrogen-bond acceptors (Lipinski definition) is 5. The maximum Gasteiger partial charge on any atom is 0.350 e. The minimum absolute atomic E-state index is 0.0537. The molecule has 1 aromatic carbocycles. The Balaban J connectivity index is 3.14. The van der Waals surface area contributed by atoms with Crippen LogP contribution in [0.15, 0.2) is 30.3 Å². The summed E-state index contributed by atoms with van der Waals surface area (Å²) in [6.45, 7) is 8.44. The quantitative estimate of drug-likeness (QED) is 0.335. The predicted octanol–water partition coefficient (Wildman–Crippen LogP) is 2.87. The molecule has 0 spiro atoms. The fraction of sp³-hybridized carbons (Fsp3) is 0.529. The van der Waals surface area contributed by atoms with E-state index in [2.05, 4.69) is 0 Å². The van der Waals surface area contributed by atoms with Crippen LogP contribution in [-0.2, 0) is 30.5 Å². The van der Waals surface area contributed by atoms with Crippen molar-refractivity contribution in [3.63, 3.8) is 0 Å². The molecular weight excluding hydrogens is 284 g/mol. The number of carbonyl (C=O) groups is 2. The van der Waals surface area contributed by atoms with Gasteiger partial charge in [0.25, 0.3) is 5.60 Å². The second-order valence-electron chi connectivity index (χ2n) is 6.05. The zero-order valence-electron chi connectivity index (χ0n) is 13.8. The first-order valence-electron chi connectivity index (χ1n) is 7.30. The van der Waals surface area contributed by atoms with Gasteiger partial charge in [-0.2, -0.15) is 0 Å². The molecule has 0 aliphatic rings. The molecular formula is C17H24O5. The Labute approximate surface area is 131 Å². The number of hydrogen-bond donors (Lipinski definition) is 0. The lowest BCUT2D eigenvalue weighted by Gasteiger charge is -2.30. The van der Waals surface area contributed by atoms with Crippen molar-refractivity contribution in [2.75, 3.05) is 6.61 Å². The summed E-state index contributed by atoms with van der Waals surface area (Å²) in [5.74, 6) is -1.20. The van der Waals surface area contributed by atoms with Gasteiger partial charge in [-0.25, -0.2) is 14.6 Å². The number of ketones is 1. The molecule has 1 rings (SSSR count). The predicted molar refractivity (Wildman–Crippen MR) is 82.1 cm³/mol. The molecule has 0 aliphatic heterocycles. The van der Waals surface area contributed by atoms with Crippen LogP contribution in [0.5, 0.6) is 0 Å². The highest BCUT2D eigenvalue weighted by Gasteiger charge is 2.49. The molecule has 1 unspecified atom stereocenters. The molecule has 1 atom stereocenters. The fourth-order valence-corrected chi connectivity index (χ4v) is 1.79. The molecule has 0 saturated heterocycles. The first-order valence-corrected chi connectivity index (χ1v) is 7.30. The molecule has 0 N–H and O–H groups in total. The molecule has 0 amide bonds. The van der Waals surface area contributed by atoms with Crippen molar-refractivity contribution in [2.24, 2.45) is 0 Å². The van der Waals surface area contributed by atoms with Crippen LogP contribution in [0.3, 0.4) is 0 Å². The summed E-state index contributed by atoms with van der Waals surface area (Å²) in [5, 5.41) is 0. The summed E-state index contributed by atoms with van der Waals surface area (Å²) in [7, 11) is 0. The average molecular weight is 308 g/mol. The van der Waals surface area contributed by atoms with Crippen molar-refractivity contribution in [3.8, 4) is 0 Å². The van der Waals surface area contributed by atoms with E-state index in [9.17, 15) is 9.59 Å². The first-order chi connectivity index (χ1) is 10.2. The number of carbonyl (C=O) groups excluding carboxylic acids is 2. The molecule has 0 bridgehead atoms. The Bertz CT molecular complexity index is 504. The van der Waals surface area contributed by atoms with Crippen LogP contribution in [0.2, 0.25) is 0 Å². The van der Waals surface area contributed by atoms with Crippen LogP contribution in [0, 0.1) is 0 Å². The topological polar surface area (TPSA) is 61.8 Å². The summed E-state index contributed by atoms with van der Waals surface area (Å²) in [6.07, 6.45) is 0.0537. The first kappa shape index (κ1) is 18.3. The van der Waals surface area contributed by atoms with Crippen LogP contribution in [-0.4, -0.2) is 29.6 Å². The number of benzene rings is 1. The standard InChI is InChI=1S/C17H24O5/c1-6-20-15(19)17(13(2)18,22-21-16(3,4)5)12-14-10-8-7-9-11-14/h7-11H,6,12H2,1-5H3. The van der Waals surface area contributed by atoms with E-state index in [0.29, 0.717) is 0 Å². The number of Topliss-reactive ketones (excluding diaryl/α,β-unsaturated/α-hetero) is 1. The molecule has 22 heavy (non-hydrogen) atoms. The van der Waals surface area contributed by atoms with E-state index >= 15 is 0 Å². The van der Waals surface area contributed by atoms with E-state index < -0.39 is 23.0 Å². The lowest BCUT2D eigenvalue weighted by molar-refractivity contribution is -0.386. The zero-order chi connectivity index (χ0) is 16.8. The second-order valence-corrected chi connectivity index (χ2v) is 6.05. The molecule has 0 radical (unpaired) electrons. The monoisotopic (exact) mass is 308 g/mol. The van der Waals surface area contributed by atoms with Crippen molar-refractivity contribution >= 4 is 11.8 Å². The number of rotatable bonds is 7. The van der Waals surface area contributed by atoms with Gasteiger partial charge in [-0.15, -0.1) is 0 Å². The lowest BCUT2D eigenvalue weighted by atomic mass is 9.91. The van der Waals surface area contributed by atoms with Crippen molar-refractivity contribution in [1.29, 1.82) is 0 Å². The molecule has 0 saturated carbocycles. The van der Waals surface area contributed by atoms with Crippen LogP contribution in [0.1, 0.15) is 40.2 Å². The van der Waals surface area contributed by atoms with Gasteiger partial charge in [-0.1, -0.05) is 30.3 Å². The summed E-state index contributed by atoms with van der Waals surface area (Å²) < 4.78 is 5.04. The van der Waals surface area contributed by atoms with Crippen LogP contribution < -0.4 is 0 Å². The Morgan fingerprint density at radius 3 is 2.09 bits per heavy atom. The normalized spacial score (nSPS) is 14.2. The molecule has 0 aromatic heterocycles. The maximum absolute atomic E-state index is 12.4. The molecule has 5 heteroatoms. The van der Waals surface area contributed by atoms with Crippen molar-refractivity contribution in [1.82, 2.24) is 0 Å². The third kappa shape index (κ3) is 4.93. The van der Waals surface area contributed by atoms with E-state index in [1.54, 1.807) is 27.7 Å². The van der Waals surface area contributed by atoms with Crippen LogP contribution in [0.25, 0.3) is 0 Å². The highest BCUT2D eigenvalue weighted by Crippen LogP contribution is 2.25. The van der Waals surface area contributed by atoms with Gasteiger partial charge in [0.05, 0.1) is 12.2 Å². The van der Waals surface area contributed by atoms with Crippen LogP contribution >= 0.6 is 0 Å². The molecule has 5 nitrogen and oxygen atoms in total. The highest BCUT2D eigenvalue weighted by atomic mass is 17.2. The summed E-state index contributed by atoms with van der Waals surface area (Å²) >= 11 is 0. The average Bonchev–Trinajstić information content (AvgIpc) is 2.43. The smallest absolute Gasteiger partial charge is 0.350 e. The molecule has 1 aromatic rings. The highest BCUT2D eigenvalue weighted by molar-refractivity contribution is 6.06. The Hall–Kier alpha value is -1.72. The third-order valence-electron chi connectivity index (χ3n) is 2.90. The summed E-state index contributed by atoms with van der Waals surface area (Å²) in [6, 6.07) is 9.15. The SMILES string of the molecule is CCOC(=O)C(Cc1ccccc1)(OOC(C)(C)C)C(C)=O. The van der Waals surface area contributed by atoms with Gasteiger partial charge in [-0.05, 0) is 40.2 Å². The molecule has 0 aliphatic carbocycles. The van der Waals surface area contributed by atoms with Gasteiger partial charge in [0.1, 0.15) is 0 Å². The van der Waals surface area contributed by atoms with E-state index in [1.807, 2.05) is 30.3 Å². The minimum atomic E-state index is -1.80. The Morgan fingerprint density at radius 2 is 1.64 bits per heavy atom. The van der Waals surface area contributed by atoms with Crippen molar-refractivity contribution in [2.45, 2.75) is 52.2 Å². The van der Waals surface area contributed by atoms with Crippen molar-refractivity contribution in [3.05, 3.63) is 35.9 Å². The van der Waals surface area contributed by atoms with E-state index in [-0.39, 0.29) is 13.0 Å². The van der Waals surface area contributed by atoms with Gasteiger partial charge in [0, 0.05) is 6.42 Å². The van der Waals surface area contributed by atoms with Gasteiger partial charge in [0.2, 0.25) is 0 Å². The Morgan fingerprint density at radius 1 is 1.05 bits per heavy atom. The van der Waals surface area contributed by atoms with E-state index in [0.717, 1.165) is 5.56 Å². The van der Waals surface area contributed by atoms with Crippen LogP contribution in [0.4, 0.5) is 0 Å². The second kappa shape index (κ2) is 7.51. The van der Waals surface area contributed by atoms with Gasteiger partial charge >= 0.3 is 5.97 Å². The minimum Gasteiger partial charge on any atom is -0.463 e. The fourth-order valence-electron chi connectivity index (χ4n) is 1.79. The van der Waals surface area contributed by atoms with Gasteiger partial charge < -0.3 is 4.74 Å². The summed E-state index contributed by atoms with van der Waals surface area (Å²) in [5.41, 5.74) is -1.68. The zero-order valence-corrected chi connectivity index (χ0v) is 13.8. The Kier molecular flexibility index (Phi) is 6.26. The van der Waals surface area contributed by atoms with Crippen molar-refractivity contribution < 1.29 is 24.1 Å². The lowest BCUT2D eigenvalue weighted by Crippen LogP contribution is -2.52. The maximum atomic E-state index is 12.4. The summed E-state index contributed by atoms with van der Waals surface area (Å²) in [4.78, 5) is 35.2. The van der Waals surface area contributed by atoms with E-state index in [1.165, 1.54) is 6.92 Å². The van der Waals surface area contributed by atoms with Gasteiger partial charge in [-0.3, -0.25) is 4.79 Å². The number of esters is 1. The molecule has 122 valence electrons. The third-order valence-corrected chi connectivity index (χ3v) is 2.90.